The largest absolute Gasteiger partial charge is 0.487 e. The summed E-state index contributed by atoms with van der Waals surface area (Å²) < 4.78 is 11.5. The molecule has 0 aliphatic heterocycles. The molecule has 134 valence electrons. The Morgan fingerprint density at radius 3 is 2.88 bits per heavy atom. The molecule has 0 unspecified atom stereocenters. The van der Waals surface area contributed by atoms with Crippen molar-refractivity contribution in [2.45, 2.75) is 31.9 Å². The summed E-state index contributed by atoms with van der Waals surface area (Å²) in [4.78, 5) is 16.9. The molecule has 0 bridgehead atoms. The zero-order valence-corrected chi connectivity index (χ0v) is 14.5. The maximum Gasteiger partial charge on any atom is 0.255 e. The molecular weight excluding hydrogens is 332 g/mol. The monoisotopic (exact) mass is 352 g/mol. The van der Waals surface area contributed by atoms with Crippen LogP contribution in [-0.4, -0.2) is 28.1 Å². The molecule has 0 spiro atoms. The number of fused-ring (bicyclic) bond motifs is 1. The third-order valence-corrected chi connectivity index (χ3v) is 4.71. The van der Waals surface area contributed by atoms with Gasteiger partial charge in [-0.3, -0.25) is 9.78 Å². The molecule has 2 aromatic heterocycles. The summed E-state index contributed by atoms with van der Waals surface area (Å²) in [5.41, 5.74) is 1.47. The van der Waals surface area contributed by atoms with Crippen LogP contribution < -0.4 is 10.1 Å². The van der Waals surface area contributed by atoms with E-state index in [0.29, 0.717) is 34.6 Å². The number of furan rings is 1. The number of aryl methyl sites for hydroxylation is 1. The lowest BCUT2D eigenvalue weighted by molar-refractivity contribution is 0.0906. The van der Waals surface area contributed by atoms with Crippen molar-refractivity contribution >= 4 is 16.9 Å². The van der Waals surface area contributed by atoms with Crippen molar-refractivity contribution < 1.29 is 19.1 Å². The number of pyridine rings is 1. The molecule has 0 atom stereocenters. The fourth-order valence-corrected chi connectivity index (χ4v) is 2.99. The first-order valence-corrected chi connectivity index (χ1v) is 8.59. The van der Waals surface area contributed by atoms with E-state index in [1.54, 1.807) is 19.2 Å². The normalized spacial score (nSPS) is 15.0. The molecule has 1 aliphatic carbocycles. The fraction of sp³-hybridized carbons (Fsp3) is 0.300. The highest BCUT2D eigenvalue weighted by molar-refractivity contribution is 6.07. The topological polar surface area (TPSA) is 84.6 Å². The van der Waals surface area contributed by atoms with Gasteiger partial charge in [0.2, 0.25) is 0 Å². The van der Waals surface area contributed by atoms with Crippen LogP contribution in [0.25, 0.3) is 11.0 Å². The zero-order chi connectivity index (χ0) is 18.1. The molecule has 1 amide bonds. The van der Waals surface area contributed by atoms with Gasteiger partial charge >= 0.3 is 0 Å². The molecule has 6 nitrogen and oxygen atoms in total. The van der Waals surface area contributed by atoms with E-state index in [1.165, 1.54) is 0 Å². The number of hydrogen-bond acceptors (Lipinski definition) is 5. The van der Waals surface area contributed by atoms with E-state index in [1.807, 2.05) is 30.3 Å². The van der Waals surface area contributed by atoms with Crippen molar-refractivity contribution in [2.75, 3.05) is 6.61 Å². The standard InChI is InChI=1S/C20H20N2O4/c1-13-18(19(24)22-20(12-23)7-8-20)16-10-15(5-6-17(16)26-13)25-11-14-4-2-3-9-21-14/h2-6,9-10,23H,7-8,11-12H2,1H3,(H,22,24). The van der Waals surface area contributed by atoms with E-state index in [-0.39, 0.29) is 12.5 Å². The lowest BCUT2D eigenvalue weighted by Crippen LogP contribution is -2.39. The minimum Gasteiger partial charge on any atom is -0.487 e. The number of carbonyl (C=O) groups excluding carboxylic acids is 1. The van der Waals surface area contributed by atoms with E-state index in [4.69, 9.17) is 9.15 Å². The van der Waals surface area contributed by atoms with Gasteiger partial charge in [0.1, 0.15) is 23.7 Å². The van der Waals surface area contributed by atoms with Crippen molar-refractivity contribution in [3.63, 3.8) is 0 Å². The second-order valence-corrected chi connectivity index (χ2v) is 6.69. The highest BCUT2D eigenvalue weighted by atomic mass is 16.5. The lowest BCUT2D eigenvalue weighted by atomic mass is 10.1. The van der Waals surface area contributed by atoms with Gasteiger partial charge in [-0.15, -0.1) is 0 Å². The number of ether oxygens (including phenoxy) is 1. The molecular formula is C20H20N2O4. The number of amides is 1. The third kappa shape index (κ3) is 3.15. The molecule has 1 saturated carbocycles. The van der Waals surface area contributed by atoms with Gasteiger partial charge in [-0.25, -0.2) is 0 Å². The first kappa shape index (κ1) is 16.6. The summed E-state index contributed by atoms with van der Waals surface area (Å²) in [5.74, 6) is 0.962. The maximum absolute atomic E-state index is 12.7. The molecule has 2 N–H and O–H groups in total. The van der Waals surface area contributed by atoms with Crippen molar-refractivity contribution in [1.29, 1.82) is 0 Å². The fourth-order valence-electron chi connectivity index (χ4n) is 2.99. The van der Waals surface area contributed by atoms with Crippen molar-refractivity contribution in [3.8, 4) is 5.75 Å². The number of aromatic nitrogens is 1. The van der Waals surface area contributed by atoms with Gasteiger partial charge < -0.3 is 19.6 Å². The highest BCUT2D eigenvalue weighted by Crippen LogP contribution is 2.36. The summed E-state index contributed by atoms with van der Waals surface area (Å²) in [6, 6.07) is 11.1. The van der Waals surface area contributed by atoms with E-state index in [2.05, 4.69) is 10.3 Å². The Kier molecular flexibility index (Phi) is 4.12. The molecule has 2 heterocycles. The van der Waals surface area contributed by atoms with Crippen LogP contribution in [-0.2, 0) is 6.61 Å². The molecule has 0 saturated heterocycles. The summed E-state index contributed by atoms with van der Waals surface area (Å²) in [7, 11) is 0. The third-order valence-electron chi connectivity index (χ3n) is 4.71. The van der Waals surface area contributed by atoms with Crippen molar-refractivity contribution in [2.24, 2.45) is 0 Å². The second kappa shape index (κ2) is 6.46. The van der Waals surface area contributed by atoms with Crippen LogP contribution in [0, 0.1) is 6.92 Å². The minimum absolute atomic E-state index is 0.0496. The van der Waals surface area contributed by atoms with Crippen LogP contribution in [0.1, 0.15) is 34.7 Å². The Bertz CT molecular complexity index is 945. The van der Waals surface area contributed by atoms with Gasteiger partial charge in [0.15, 0.2) is 0 Å². The Morgan fingerprint density at radius 1 is 1.35 bits per heavy atom. The van der Waals surface area contributed by atoms with Crippen LogP contribution in [0.5, 0.6) is 5.75 Å². The highest BCUT2D eigenvalue weighted by Gasteiger charge is 2.44. The SMILES string of the molecule is Cc1oc2ccc(OCc3ccccn3)cc2c1C(=O)NC1(CO)CC1. The van der Waals surface area contributed by atoms with E-state index < -0.39 is 5.54 Å². The zero-order valence-electron chi connectivity index (χ0n) is 14.5. The van der Waals surface area contributed by atoms with Crippen molar-refractivity contribution in [3.05, 3.63) is 59.6 Å². The van der Waals surface area contributed by atoms with Crippen LogP contribution in [0.3, 0.4) is 0 Å². The van der Waals surface area contributed by atoms with Gasteiger partial charge in [0.05, 0.1) is 23.4 Å². The second-order valence-electron chi connectivity index (χ2n) is 6.69. The molecule has 4 rings (SSSR count). The number of rotatable bonds is 6. The summed E-state index contributed by atoms with van der Waals surface area (Å²) >= 11 is 0. The molecule has 1 aromatic carbocycles. The number of aliphatic hydroxyl groups excluding tert-OH is 1. The van der Waals surface area contributed by atoms with Gasteiger partial charge in [0, 0.05) is 11.6 Å². The molecule has 6 heteroatoms. The Balaban J connectivity index is 1.59. The average molecular weight is 352 g/mol. The molecule has 26 heavy (non-hydrogen) atoms. The van der Waals surface area contributed by atoms with Crippen LogP contribution in [0.4, 0.5) is 0 Å². The van der Waals surface area contributed by atoms with Crippen LogP contribution in [0.15, 0.2) is 47.0 Å². The van der Waals surface area contributed by atoms with Crippen LogP contribution >= 0.6 is 0 Å². The number of benzene rings is 1. The number of carbonyl (C=O) groups is 1. The molecule has 1 fully saturated rings. The first-order valence-electron chi connectivity index (χ1n) is 8.59. The van der Waals surface area contributed by atoms with E-state index in [0.717, 1.165) is 18.5 Å². The Labute approximate surface area is 150 Å². The average Bonchev–Trinajstić information content (AvgIpc) is 3.34. The quantitative estimate of drug-likeness (QED) is 0.712. The summed E-state index contributed by atoms with van der Waals surface area (Å²) in [5, 5.41) is 13.1. The maximum atomic E-state index is 12.7. The Hall–Kier alpha value is -2.86. The smallest absolute Gasteiger partial charge is 0.255 e. The minimum atomic E-state index is -0.472. The van der Waals surface area contributed by atoms with Gasteiger partial charge in [-0.2, -0.15) is 0 Å². The number of nitrogens with one attached hydrogen (secondary N) is 1. The van der Waals surface area contributed by atoms with E-state index in [9.17, 15) is 9.90 Å². The lowest BCUT2D eigenvalue weighted by Gasteiger charge is -2.14. The number of aliphatic hydroxyl groups is 1. The van der Waals surface area contributed by atoms with Gasteiger partial charge in [0.25, 0.3) is 5.91 Å². The molecule has 0 radical (unpaired) electrons. The number of nitrogens with zero attached hydrogens (tertiary/aromatic N) is 1. The molecule has 1 aliphatic rings. The van der Waals surface area contributed by atoms with Gasteiger partial charge in [-0.05, 0) is 50.1 Å². The summed E-state index contributed by atoms with van der Waals surface area (Å²) in [6.07, 6.45) is 3.31. The molecule has 3 aromatic rings. The number of hydrogen-bond donors (Lipinski definition) is 2. The predicted molar refractivity (Wildman–Crippen MR) is 96.0 cm³/mol. The van der Waals surface area contributed by atoms with E-state index >= 15 is 0 Å². The summed E-state index contributed by atoms with van der Waals surface area (Å²) in [6.45, 7) is 2.06. The first-order chi connectivity index (χ1) is 12.6. The Morgan fingerprint density at radius 2 is 2.19 bits per heavy atom. The predicted octanol–water partition coefficient (Wildman–Crippen LogP) is 2.97. The van der Waals surface area contributed by atoms with Crippen molar-refractivity contribution in [1.82, 2.24) is 10.3 Å². The van der Waals surface area contributed by atoms with Crippen LogP contribution in [0.2, 0.25) is 0 Å². The van der Waals surface area contributed by atoms with Gasteiger partial charge in [-0.1, -0.05) is 6.07 Å².